The van der Waals surface area contributed by atoms with E-state index >= 15 is 0 Å². The molecular weight excluding hydrogens is 214 g/mol. The van der Waals surface area contributed by atoms with Gasteiger partial charge in [0.25, 0.3) is 0 Å². The van der Waals surface area contributed by atoms with Crippen molar-refractivity contribution in [3.8, 4) is 6.07 Å². The van der Waals surface area contributed by atoms with E-state index in [1.54, 1.807) is 0 Å². The first-order chi connectivity index (χ1) is 8.20. The Morgan fingerprint density at radius 3 is 2.71 bits per heavy atom. The molecule has 5 nitrogen and oxygen atoms in total. The Kier molecular flexibility index (Phi) is 2.25. The highest BCUT2D eigenvalue weighted by Gasteiger charge is 2.33. The molecule has 0 amide bonds. The summed E-state index contributed by atoms with van der Waals surface area (Å²) >= 11 is 0. The van der Waals surface area contributed by atoms with E-state index in [1.807, 2.05) is 4.68 Å². The van der Waals surface area contributed by atoms with Gasteiger partial charge >= 0.3 is 0 Å². The number of nitrogen functional groups attached to an aromatic ring is 1. The maximum atomic E-state index is 9.16. The summed E-state index contributed by atoms with van der Waals surface area (Å²) in [6, 6.07) is 2.95. The Balaban J connectivity index is 1.92. The summed E-state index contributed by atoms with van der Waals surface area (Å²) < 4.78 is 1.82. The highest BCUT2D eigenvalue weighted by Crippen LogP contribution is 2.41. The molecule has 3 rings (SSSR count). The number of aromatic nitrogens is 2. The second-order valence-electron chi connectivity index (χ2n) is 5.16. The summed E-state index contributed by atoms with van der Waals surface area (Å²) in [5.41, 5.74) is 6.52. The molecule has 1 aromatic rings. The van der Waals surface area contributed by atoms with Crippen LogP contribution in [0.25, 0.3) is 0 Å². The van der Waals surface area contributed by atoms with Crippen LogP contribution in [-0.2, 0) is 0 Å². The fourth-order valence-corrected chi connectivity index (χ4v) is 2.17. The van der Waals surface area contributed by atoms with Gasteiger partial charge in [-0.3, -0.25) is 0 Å². The van der Waals surface area contributed by atoms with E-state index in [0.717, 1.165) is 12.8 Å². The summed E-state index contributed by atoms with van der Waals surface area (Å²) in [4.78, 5) is 0. The summed E-state index contributed by atoms with van der Waals surface area (Å²) in [6.45, 7) is 2.13. The third-order valence-electron chi connectivity index (χ3n) is 3.67. The van der Waals surface area contributed by atoms with Crippen LogP contribution in [0.1, 0.15) is 44.2 Å². The van der Waals surface area contributed by atoms with Crippen molar-refractivity contribution in [2.45, 2.75) is 44.7 Å². The van der Waals surface area contributed by atoms with E-state index in [0.29, 0.717) is 35.2 Å². The van der Waals surface area contributed by atoms with Crippen molar-refractivity contribution in [3.63, 3.8) is 0 Å². The second kappa shape index (κ2) is 3.66. The second-order valence-corrected chi connectivity index (χ2v) is 5.16. The maximum Gasteiger partial charge on any atom is 0.168 e. The molecule has 2 fully saturated rings. The van der Waals surface area contributed by atoms with Crippen molar-refractivity contribution in [2.75, 3.05) is 11.1 Å². The molecule has 0 saturated heterocycles. The topological polar surface area (TPSA) is 79.7 Å². The molecule has 2 saturated carbocycles. The number of anilines is 2. The SMILES string of the molecule is CC(C1CC1)n1nc(NC2CC2)c(C#N)c1N. The molecule has 1 heterocycles. The zero-order chi connectivity index (χ0) is 12.0. The van der Waals surface area contributed by atoms with Crippen LogP contribution in [0.5, 0.6) is 0 Å². The molecule has 2 aliphatic rings. The normalized spacial score (nSPS) is 20.9. The number of rotatable bonds is 4. The van der Waals surface area contributed by atoms with Gasteiger partial charge in [0.15, 0.2) is 5.82 Å². The van der Waals surface area contributed by atoms with Gasteiger partial charge in [0.2, 0.25) is 0 Å². The molecule has 0 bridgehead atoms. The van der Waals surface area contributed by atoms with Gasteiger partial charge in [0, 0.05) is 6.04 Å². The van der Waals surface area contributed by atoms with E-state index in [2.05, 4.69) is 23.4 Å². The molecule has 1 aromatic heterocycles. The number of nitrogens with two attached hydrogens (primary N) is 1. The fraction of sp³-hybridized carbons (Fsp3) is 0.667. The van der Waals surface area contributed by atoms with Crippen LogP contribution in [-0.4, -0.2) is 15.8 Å². The molecule has 3 N–H and O–H groups in total. The van der Waals surface area contributed by atoms with Crippen LogP contribution in [0.4, 0.5) is 11.6 Å². The largest absolute Gasteiger partial charge is 0.383 e. The molecule has 17 heavy (non-hydrogen) atoms. The van der Waals surface area contributed by atoms with Crippen LogP contribution in [0.15, 0.2) is 0 Å². The van der Waals surface area contributed by atoms with Crippen molar-refractivity contribution >= 4 is 11.6 Å². The van der Waals surface area contributed by atoms with E-state index in [4.69, 9.17) is 11.0 Å². The minimum Gasteiger partial charge on any atom is -0.383 e. The number of nitriles is 1. The Morgan fingerprint density at radius 1 is 1.47 bits per heavy atom. The highest BCUT2D eigenvalue weighted by molar-refractivity contribution is 5.64. The standard InChI is InChI=1S/C12H17N5/c1-7(8-2-3-8)17-11(14)10(6-13)12(16-17)15-9-4-5-9/h7-9H,2-5,14H2,1H3,(H,15,16). The first-order valence-electron chi connectivity index (χ1n) is 6.25. The van der Waals surface area contributed by atoms with E-state index < -0.39 is 0 Å². The number of hydrogen-bond acceptors (Lipinski definition) is 4. The van der Waals surface area contributed by atoms with E-state index in [-0.39, 0.29) is 0 Å². The molecule has 0 aliphatic heterocycles. The Hall–Kier alpha value is -1.70. The first kappa shape index (κ1) is 10.5. The summed E-state index contributed by atoms with van der Waals surface area (Å²) in [6.07, 6.45) is 4.81. The molecule has 1 atom stereocenters. The van der Waals surface area contributed by atoms with Crippen molar-refractivity contribution in [3.05, 3.63) is 5.56 Å². The molecule has 5 heteroatoms. The lowest BCUT2D eigenvalue weighted by atomic mass is 10.2. The Morgan fingerprint density at radius 2 is 2.18 bits per heavy atom. The van der Waals surface area contributed by atoms with Crippen molar-refractivity contribution in [1.29, 1.82) is 5.26 Å². The zero-order valence-electron chi connectivity index (χ0n) is 9.98. The predicted octanol–water partition coefficient (Wildman–Crippen LogP) is 1.88. The average molecular weight is 231 g/mol. The molecule has 0 radical (unpaired) electrons. The molecule has 0 aromatic carbocycles. The molecule has 90 valence electrons. The van der Waals surface area contributed by atoms with Gasteiger partial charge in [0.1, 0.15) is 17.5 Å². The number of hydrogen-bond donors (Lipinski definition) is 2. The van der Waals surface area contributed by atoms with Gasteiger partial charge in [0.05, 0.1) is 6.04 Å². The average Bonchev–Trinajstić information content (AvgIpc) is 3.17. The van der Waals surface area contributed by atoms with Crippen LogP contribution in [0, 0.1) is 17.2 Å². The van der Waals surface area contributed by atoms with Gasteiger partial charge in [-0.2, -0.15) is 10.4 Å². The maximum absolute atomic E-state index is 9.16. The van der Waals surface area contributed by atoms with E-state index in [9.17, 15) is 0 Å². The minimum atomic E-state index is 0.303. The summed E-state index contributed by atoms with van der Waals surface area (Å²) in [5, 5.41) is 16.9. The van der Waals surface area contributed by atoms with Crippen LogP contribution < -0.4 is 11.1 Å². The number of nitrogens with zero attached hydrogens (tertiary/aromatic N) is 3. The molecule has 2 aliphatic carbocycles. The first-order valence-corrected chi connectivity index (χ1v) is 6.25. The molecule has 0 spiro atoms. The lowest BCUT2D eigenvalue weighted by Crippen LogP contribution is -2.12. The lowest BCUT2D eigenvalue weighted by molar-refractivity contribution is 0.447. The third-order valence-corrected chi connectivity index (χ3v) is 3.67. The van der Waals surface area contributed by atoms with Crippen LogP contribution >= 0.6 is 0 Å². The van der Waals surface area contributed by atoms with Gasteiger partial charge < -0.3 is 11.1 Å². The van der Waals surface area contributed by atoms with Crippen molar-refractivity contribution in [2.24, 2.45) is 5.92 Å². The highest BCUT2D eigenvalue weighted by atomic mass is 15.4. The quantitative estimate of drug-likeness (QED) is 0.829. The van der Waals surface area contributed by atoms with E-state index in [1.165, 1.54) is 12.8 Å². The Labute approximate surface area is 101 Å². The van der Waals surface area contributed by atoms with Gasteiger partial charge in [-0.25, -0.2) is 4.68 Å². The lowest BCUT2D eigenvalue weighted by Gasteiger charge is -2.12. The molecular formula is C12H17N5. The Bertz CT molecular complexity index is 476. The fourth-order valence-electron chi connectivity index (χ4n) is 2.17. The predicted molar refractivity (Wildman–Crippen MR) is 65.4 cm³/mol. The monoisotopic (exact) mass is 231 g/mol. The van der Waals surface area contributed by atoms with Gasteiger partial charge in [-0.05, 0) is 38.5 Å². The van der Waals surface area contributed by atoms with Crippen molar-refractivity contribution in [1.82, 2.24) is 9.78 Å². The van der Waals surface area contributed by atoms with Crippen LogP contribution in [0.3, 0.4) is 0 Å². The summed E-state index contributed by atoms with van der Waals surface area (Å²) in [7, 11) is 0. The number of nitrogens with one attached hydrogen (secondary N) is 1. The van der Waals surface area contributed by atoms with Gasteiger partial charge in [-0.15, -0.1) is 0 Å². The van der Waals surface area contributed by atoms with Crippen molar-refractivity contribution < 1.29 is 0 Å². The van der Waals surface area contributed by atoms with Gasteiger partial charge in [-0.1, -0.05) is 0 Å². The zero-order valence-corrected chi connectivity index (χ0v) is 9.98. The van der Waals surface area contributed by atoms with Crippen LogP contribution in [0.2, 0.25) is 0 Å². The smallest absolute Gasteiger partial charge is 0.168 e. The molecule has 1 unspecified atom stereocenters. The minimum absolute atomic E-state index is 0.303. The summed E-state index contributed by atoms with van der Waals surface area (Å²) in [5.74, 6) is 1.85. The third kappa shape index (κ3) is 1.84.